The Labute approximate surface area is 109 Å². The van der Waals surface area contributed by atoms with E-state index in [9.17, 15) is 8.42 Å². The van der Waals surface area contributed by atoms with Gasteiger partial charge in [-0.1, -0.05) is 0 Å². The quantitative estimate of drug-likeness (QED) is 0.794. The molecule has 0 aliphatic carbocycles. The van der Waals surface area contributed by atoms with Crippen molar-refractivity contribution in [2.75, 3.05) is 31.6 Å². The molecule has 2 rings (SSSR count). The van der Waals surface area contributed by atoms with E-state index in [0.717, 1.165) is 31.7 Å². The van der Waals surface area contributed by atoms with E-state index in [1.807, 2.05) is 6.92 Å². The van der Waals surface area contributed by atoms with Crippen LogP contribution in [0.1, 0.15) is 23.9 Å². The normalized spacial score (nSPS) is 17.9. The number of likely N-dealkylation sites (tertiary alicyclic amines) is 1. The van der Waals surface area contributed by atoms with E-state index in [0.29, 0.717) is 6.04 Å². The fourth-order valence-electron chi connectivity index (χ4n) is 2.45. The number of aryl methyl sites for hydroxylation is 2. The molecule has 1 fully saturated rings. The molecule has 1 aliphatic rings. The average molecular weight is 271 g/mol. The third-order valence-corrected chi connectivity index (χ3v) is 4.35. The van der Waals surface area contributed by atoms with E-state index in [1.165, 1.54) is 11.9 Å². The smallest absolute Gasteiger partial charge is 0.147 e. The van der Waals surface area contributed by atoms with Crippen molar-refractivity contribution in [2.45, 2.75) is 26.3 Å². The Hall–Kier alpha value is -0.880. The molecular formula is C12H21N3O2S. The number of nitrogens with zero attached hydrogens (tertiary/aromatic N) is 3. The highest BCUT2D eigenvalue weighted by atomic mass is 32.2. The lowest BCUT2D eigenvalue weighted by molar-refractivity contribution is 0.0975. The maximum absolute atomic E-state index is 11.0. The van der Waals surface area contributed by atoms with E-state index >= 15 is 0 Å². The van der Waals surface area contributed by atoms with Gasteiger partial charge in [0.1, 0.15) is 9.84 Å². The van der Waals surface area contributed by atoms with Crippen LogP contribution in [0.3, 0.4) is 0 Å². The Bertz CT molecular complexity index is 515. The van der Waals surface area contributed by atoms with Crippen LogP contribution in [0.15, 0.2) is 6.07 Å². The SMILES string of the molecule is Cc1cc(C)n(C2CN(CCCS(C)(=O)=O)C2)n1. The highest BCUT2D eigenvalue weighted by Crippen LogP contribution is 2.22. The molecule has 1 aliphatic heterocycles. The van der Waals surface area contributed by atoms with Gasteiger partial charge in [-0.15, -0.1) is 0 Å². The lowest BCUT2D eigenvalue weighted by Gasteiger charge is -2.39. The Kier molecular flexibility index (Phi) is 3.77. The van der Waals surface area contributed by atoms with Gasteiger partial charge in [0, 0.05) is 25.0 Å². The molecule has 6 heteroatoms. The van der Waals surface area contributed by atoms with Crippen molar-refractivity contribution >= 4 is 9.84 Å². The Morgan fingerprint density at radius 2 is 2.06 bits per heavy atom. The van der Waals surface area contributed by atoms with Gasteiger partial charge >= 0.3 is 0 Å². The molecular weight excluding hydrogens is 250 g/mol. The predicted molar refractivity (Wildman–Crippen MR) is 71.5 cm³/mol. The van der Waals surface area contributed by atoms with Crippen molar-refractivity contribution in [2.24, 2.45) is 0 Å². The summed E-state index contributed by atoms with van der Waals surface area (Å²) in [7, 11) is -2.82. The zero-order chi connectivity index (χ0) is 13.3. The van der Waals surface area contributed by atoms with E-state index in [4.69, 9.17) is 0 Å². The summed E-state index contributed by atoms with van der Waals surface area (Å²) < 4.78 is 24.1. The highest BCUT2D eigenvalue weighted by molar-refractivity contribution is 7.90. The van der Waals surface area contributed by atoms with Gasteiger partial charge in [-0.05, 0) is 32.9 Å². The molecule has 0 aromatic carbocycles. The van der Waals surface area contributed by atoms with Gasteiger partial charge in [0.05, 0.1) is 17.5 Å². The molecule has 0 N–H and O–H groups in total. The van der Waals surface area contributed by atoms with Crippen molar-refractivity contribution in [3.63, 3.8) is 0 Å². The second kappa shape index (κ2) is 5.01. The van der Waals surface area contributed by atoms with E-state index < -0.39 is 9.84 Å². The van der Waals surface area contributed by atoms with Gasteiger partial charge in [0.25, 0.3) is 0 Å². The van der Waals surface area contributed by atoms with Crippen LogP contribution in [-0.2, 0) is 9.84 Å². The summed E-state index contributed by atoms with van der Waals surface area (Å²) in [4.78, 5) is 2.28. The number of sulfone groups is 1. The van der Waals surface area contributed by atoms with Gasteiger partial charge in [-0.25, -0.2) is 8.42 Å². The first-order valence-corrected chi connectivity index (χ1v) is 8.34. The van der Waals surface area contributed by atoms with Crippen molar-refractivity contribution in [3.8, 4) is 0 Å². The first kappa shape index (κ1) is 13.5. The first-order valence-electron chi connectivity index (χ1n) is 6.28. The molecule has 5 nitrogen and oxygen atoms in total. The predicted octanol–water partition coefficient (Wildman–Crippen LogP) is 0.791. The fourth-order valence-corrected chi connectivity index (χ4v) is 3.10. The monoisotopic (exact) mass is 271 g/mol. The number of hydrogen-bond acceptors (Lipinski definition) is 4. The molecule has 0 bridgehead atoms. The third-order valence-electron chi connectivity index (χ3n) is 3.32. The first-order chi connectivity index (χ1) is 8.35. The van der Waals surface area contributed by atoms with Gasteiger partial charge in [0.2, 0.25) is 0 Å². The standard InChI is InChI=1S/C12H21N3O2S/c1-10-7-11(2)15(13-10)12-8-14(9-12)5-4-6-18(3,16)17/h7,12H,4-6,8-9H2,1-3H3. The lowest BCUT2D eigenvalue weighted by atomic mass is 10.1. The van der Waals surface area contributed by atoms with Crippen LogP contribution in [0, 0.1) is 13.8 Å². The van der Waals surface area contributed by atoms with Crippen LogP contribution in [0.25, 0.3) is 0 Å². The molecule has 2 heterocycles. The maximum Gasteiger partial charge on any atom is 0.147 e. The topological polar surface area (TPSA) is 55.2 Å². The molecule has 1 aromatic rings. The number of rotatable bonds is 5. The largest absolute Gasteiger partial charge is 0.299 e. The second-order valence-electron chi connectivity index (χ2n) is 5.27. The summed E-state index contributed by atoms with van der Waals surface area (Å²) in [5.41, 5.74) is 2.26. The summed E-state index contributed by atoms with van der Waals surface area (Å²) in [5.74, 6) is 0.286. The van der Waals surface area contributed by atoms with Crippen LogP contribution in [0.5, 0.6) is 0 Å². The number of aromatic nitrogens is 2. The minimum Gasteiger partial charge on any atom is -0.299 e. The second-order valence-corrected chi connectivity index (χ2v) is 7.53. The van der Waals surface area contributed by atoms with Gasteiger partial charge < -0.3 is 0 Å². The molecule has 1 saturated heterocycles. The maximum atomic E-state index is 11.0. The Morgan fingerprint density at radius 3 is 2.56 bits per heavy atom. The molecule has 1 aromatic heterocycles. The van der Waals surface area contributed by atoms with Crippen molar-refractivity contribution in [3.05, 3.63) is 17.5 Å². The minimum absolute atomic E-state index is 0.286. The summed E-state index contributed by atoms with van der Waals surface area (Å²) in [6.45, 7) is 6.90. The van der Waals surface area contributed by atoms with Crippen LogP contribution in [0.2, 0.25) is 0 Å². The van der Waals surface area contributed by atoms with Crippen molar-refractivity contribution in [1.29, 1.82) is 0 Å². The van der Waals surface area contributed by atoms with Gasteiger partial charge in [0.15, 0.2) is 0 Å². The fraction of sp³-hybridized carbons (Fsp3) is 0.750. The van der Waals surface area contributed by atoms with E-state index in [2.05, 4.69) is 27.7 Å². The molecule has 0 atom stereocenters. The van der Waals surface area contributed by atoms with Crippen molar-refractivity contribution < 1.29 is 8.42 Å². The van der Waals surface area contributed by atoms with Gasteiger partial charge in [-0.2, -0.15) is 5.10 Å². The molecule has 102 valence electrons. The highest BCUT2D eigenvalue weighted by Gasteiger charge is 2.29. The molecule has 0 saturated carbocycles. The van der Waals surface area contributed by atoms with Crippen molar-refractivity contribution in [1.82, 2.24) is 14.7 Å². The number of hydrogen-bond donors (Lipinski definition) is 0. The average Bonchev–Trinajstić information content (AvgIpc) is 2.47. The Morgan fingerprint density at radius 1 is 1.39 bits per heavy atom. The van der Waals surface area contributed by atoms with Crippen LogP contribution in [-0.4, -0.2) is 54.7 Å². The van der Waals surface area contributed by atoms with Gasteiger partial charge in [-0.3, -0.25) is 9.58 Å². The molecule has 0 radical (unpaired) electrons. The van der Waals surface area contributed by atoms with Crippen LogP contribution in [0.4, 0.5) is 0 Å². The minimum atomic E-state index is -2.82. The molecule has 0 unspecified atom stereocenters. The molecule has 0 spiro atoms. The van der Waals surface area contributed by atoms with Crippen LogP contribution < -0.4 is 0 Å². The summed E-state index contributed by atoms with van der Waals surface area (Å²) in [5, 5.41) is 4.48. The zero-order valence-corrected chi connectivity index (χ0v) is 12.1. The van der Waals surface area contributed by atoms with Crippen LogP contribution >= 0.6 is 0 Å². The van der Waals surface area contributed by atoms with E-state index in [-0.39, 0.29) is 5.75 Å². The Balaban J connectivity index is 1.76. The molecule has 0 amide bonds. The zero-order valence-electron chi connectivity index (χ0n) is 11.3. The lowest BCUT2D eigenvalue weighted by Crippen LogP contribution is -2.48. The summed E-state index contributed by atoms with van der Waals surface area (Å²) in [6.07, 6.45) is 2.02. The molecule has 18 heavy (non-hydrogen) atoms. The third kappa shape index (κ3) is 3.32. The summed E-state index contributed by atoms with van der Waals surface area (Å²) in [6, 6.07) is 2.55. The van der Waals surface area contributed by atoms with E-state index in [1.54, 1.807) is 0 Å². The summed E-state index contributed by atoms with van der Waals surface area (Å²) >= 11 is 0.